The number of alkyl halides is 3. The van der Waals surface area contributed by atoms with E-state index in [4.69, 9.17) is 4.74 Å². The third kappa shape index (κ3) is 3.90. The highest BCUT2D eigenvalue weighted by Crippen LogP contribution is 2.34. The molecular weight excluding hydrogens is 339 g/mol. The maximum Gasteiger partial charge on any atom is 0.421 e. The van der Waals surface area contributed by atoms with Gasteiger partial charge in [-0.3, -0.25) is 9.89 Å². The molecule has 1 aliphatic rings. The average Bonchev–Trinajstić information content (AvgIpc) is 3.02. The van der Waals surface area contributed by atoms with Gasteiger partial charge in [0.15, 0.2) is 5.69 Å². The van der Waals surface area contributed by atoms with Crippen molar-refractivity contribution in [1.82, 2.24) is 25.8 Å². The second kappa shape index (κ2) is 7.09. The molecule has 0 bridgehead atoms. The topological polar surface area (TPSA) is 91.9 Å². The van der Waals surface area contributed by atoms with Crippen molar-refractivity contribution < 1.29 is 22.7 Å². The van der Waals surface area contributed by atoms with Crippen LogP contribution in [0.2, 0.25) is 0 Å². The number of carbonyl (C=O) groups is 1. The van der Waals surface area contributed by atoms with E-state index >= 15 is 0 Å². The molecule has 0 radical (unpaired) electrons. The molecule has 0 saturated heterocycles. The second-order valence-electron chi connectivity index (χ2n) is 5.41. The molecule has 1 amide bonds. The lowest BCUT2D eigenvalue weighted by Crippen LogP contribution is -2.31. The summed E-state index contributed by atoms with van der Waals surface area (Å²) in [6.07, 6.45) is -2.57. The fourth-order valence-electron chi connectivity index (χ4n) is 2.53. The number of carbonyl (C=O) groups excluding carboxylic acids is 1. The molecule has 0 aromatic carbocycles. The summed E-state index contributed by atoms with van der Waals surface area (Å²) < 4.78 is 43.5. The number of aromatic nitrogens is 3. The van der Waals surface area contributed by atoms with E-state index in [0.29, 0.717) is 6.54 Å². The van der Waals surface area contributed by atoms with Crippen LogP contribution in [0.15, 0.2) is 18.3 Å². The number of aromatic amines is 1. The van der Waals surface area contributed by atoms with Crippen LogP contribution in [0, 0.1) is 0 Å². The molecule has 1 aliphatic heterocycles. The molecule has 0 aliphatic carbocycles. The van der Waals surface area contributed by atoms with Crippen molar-refractivity contribution in [1.29, 1.82) is 0 Å². The average molecular weight is 355 g/mol. The Morgan fingerprint density at radius 2 is 2.24 bits per heavy atom. The SMILES string of the molecule is O=C(NCCOc1ncccc1C(F)(F)F)c1n[nH]c2c1CNCC2. The Morgan fingerprint density at radius 1 is 1.40 bits per heavy atom. The largest absolute Gasteiger partial charge is 0.475 e. The minimum atomic E-state index is -4.55. The van der Waals surface area contributed by atoms with Crippen molar-refractivity contribution in [2.24, 2.45) is 0 Å². The van der Waals surface area contributed by atoms with Crippen molar-refractivity contribution in [3.8, 4) is 5.88 Å². The Kier molecular flexibility index (Phi) is 4.88. The van der Waals surface area contributed by atoms with Gasteiger partial charge in [0.1, 0.15) is 12.2 Å². The highest BCUT2D eigenvalue weighted by Gasteiger charge is 2.35. The van der Waals surface area contributed by atoms with E-state index in [0.717, 1.165) is 30.3 Å². The van der Waals surface area contributed by atoms with E-state index in [9.17, 15) is 18.0 Å². The molecule has 0 spiro atoms. The highest BCUT2D eigenvalue weighted by molar-refractivity contribution is 5.94. The van der Waals surface area contributed by atoms with Crippen LogP contribution in [0.25, 0.3) is 0 Å². The van der Waals surface area contributed by atoms with Crippen LogP contribution in [-0.4, -0.2) is 40.8 Å². The van der Waals surface area contributed by atoms with Crippen LogP contribution in [0.1, 0.15) is 27.3 Å². The Labute approximate surface area is 141 Å². The van der Waals surface area contributed by atoms with Crippen LogP contribution < -0.4 is 15.4 Å². The van der Waals surface area contributed by atoms with Gasteiger partial charge in [0.25, 0.3) is 5.91 Å². The number of hydrogen-bond donors (Lipinski definition) is 3. The Morgan fingerprint density at radius 3 is 3.04 bits per heavy atom. The highest BCUT2D eigenvalue weighted by atomic mass is 19.4. The molecular formula is C15H16F3N5O2. The Bertz CT molecular complexity index is 760. The molecule has 3 heterocycles. The zero-order valence-electron chi connectivity index (χ0n) is 13.1. The van der Waals surface area contributed by atoms with Gasteiger partial charge >= 0.3 is 6.18 Å². The zero-order valence-corrected chi connectivity index (χ0v) is 13.1. The number of halogens is 3. The van der Waals surface area contributed by atoms with Gasteiger partial charge < -0.3 is 15.4 Å². The van der Waals surface area contributed by atoms with Crippen LogP contribution >= 0.6 is 0 Å². The third-order valence-electron chi connectivity index (χ3n) is 3.72. The molecule has 134 valence electrons. The smallest absolute Gasteiger partial charge is 0.421 e. The minimum absolute atomic E-state index is 0.0295. The zero-order chi connectivity index (χ0) is 17.9. The molecule has 0 saturated carbocycles. The number of H-pyrrole nitrogens is 1. The van der Waals surface area contributed by atoms with E-state index < -0.39 is 23.5 Å². The van der Waals surface area contributed by atoms with Gasteiger partial charge in [-0.05, 0) is 12.1 Å². The van der Waals surface area contributed by atoms with E-state index in [1.165, 1.54) is 12.3 Å². The first-order valence-electron chi connectivity index (χ1n) is 7.67. The second-order valence-corrected chi connectivity index (χ2v) is 5.41. The van der Waals surface area contributed by atoms with Crippen LogP contribution in [-0.2, 0) is 19.1 Å². The summed E-state index contributed by atoms with van der Waals surface area (Å²) in [5.41, 5.74) is 1.07. The number of ether oxygens (including phenoxy) is 1. The predicted molar refractivity (Wildman–Crippen MR) is 81.1 cm³/mol. The maximum atomic E-state index is 12.8. The normalized spacial score (nSPS) is 14.0. The number of hydrogen-bond acceptors (Lipinski definition) is 5. The van der Waals surface area contributed by atoms with E-state index in [-0.39, 0.29) is 18.8 Å². The van der Waals surface area contributed by atoms with Gasteiger partial charge in [-0.1, -0.05) is 0 Å². The van der Waals surface area contributed by atoms with Crippen molar-refractivity contribution >= 4 is 5.91 Å². The van der Waals surface area contributed by atoms with Gasteiger partial charge in [-0.25, -0.2) is 4.98 Å². The van der Waals surface area contributed by atoms with Crippen molar-refractivity contribution in [3.63, 3.8) is 0 Å². The first kappa shape index (κ1) is 17.2. The first-order valence-corrected chi connectivity index (χ1v) is 7.67. The molecule has 7 nitrogen and oxygen atoms in total. The molecule has 0 fully saturated rings. The van der Waals surface area contributed by atoms with Gasteiger partial charge in [-0.2, -0.15) is 18.3 Å². The molecule has 0 atom stereocenters. The summed E-state index contributed by atoms with van der Waals surface area (Å²) >= 11 is 0. The number of amides is 1. The van der Waals surface area contributed by atoms with Gasteiger partial charge in [-0.15, -0.1) is 0 Å². The summed E-state index contributed by atoms with van der Waals surface area (Å²) in [5.74, 6) is -0.910. The van der Waals surface area contributed by atoms with E-state index in [1.54, 1.807) is 0 Å². The quantitative estimate of drug-likeness (QED) is 0.703. The minimum Gasteiger partial charge on any atom is -0.475 e. The number of fused-ring (bicyclic) bond motifs is 1. The van der Waals surface area contributed by atoms with Crippen molar-refractivity contribution in [3.05, 3.63) is 40.8 Å². The summed E-state index contributed by atoms with van der Waals surface area (Å²) in [6, 6.07) is 2.08. The molecule has 3 rings (SSSR count). The number of rotatable bonds is 5. The van der Waals surface area contributed by atoms with Crippen LogP contribution in [0.4, 0.5) is 13.2 Å². The van der Waals surface area contributed by atoms with Crippen molar-refractivity contribution in [2.75, 3.05) is 19.7 Å². The number of nitrogens with one attached hydrogen (secondary N) is 3. The molecule has 25 heavy (non-hydrogen) atoms. The predicted octanol–water partition coefficient (Wildman–Crippen LogP) is 1.28. The lowest BCUT2D eigenvalue weighted by Gasteiger charge is -2.13. The fraction of sp³-hybridized carbons (Fsp3) is 0.400. The molecule has 0 unspecified atom stereocenters. The lowest BCUT2D eigenvalue weighted by atomic mass is 10.1. The monoisotopic (exact) mass is 355 g/mol. The third-order valence-corrected chi connectivity index (χ3v) is 3.72. The maximum absolute atomic E-state index is 12.8. The van der Waals surface area contributed by atoms with E-state index in [2.05, 4.69) is 25.8 Å². The molecule has 10 heteroatoms. The van der Waals surface area contributed by atoms with Gasteiger partial charge in [0.05, 0.1) is 6.54 Å². The fourth-order valence-corrected chi connectivity index (χ4v) is 2.53. The molecule has 2 aromatic rings. The number of pyridine rings is 1. The van der Waals surface area contributed by atoms with Gasteiger partial charge in [0, 0.05) is 37.0 Å². The van der Waals surface area contributed by atoms with Gasteiger partial charge in [0.2, 0.25) is 5.88 Å². The Hall–Kier alpha value is -2.62. The standard InChI is InChI=1S/C15H16F3N5O2/c16-15(17,18)10-2-1-4-21-14(10)25-7-6-20-13(24)12-9-8-19-5-3-11(9)22-23-12/h1-2,4,19H,3,5-8H2,(H,20,24)(H,22,23). The Balaban J connectivity index is 1.54. The lowest BCUT2D eigenvalue weighted by molar-refractivity contribution is -0.139. The van der Waals surface area contributed by atoms with Crippen molar-refractivity contribution in [2.45, 2.75) is 19.1 Å². The summed E-state index contributed by atoms with van der Waals surface area (Å²) in [5, 5.41) is 12.6. The summed E-state index contributed by atoms with van der Waals surface area (Å²) in [6.45, 7) is 1.25. The molecule has 2 aromatic heterocycles. The van der Waals surface area contributed by atoms with E-state index in [1.807, 2.05) is 0 Å². The van der Waals surface area contributed by atoms with Crippen LogP contribution in [0.5, 0.6) is 5.88 Å². The first-order chi connectivity index (χ1) is 12.0. The number of nitrogens with zero attached hydrogens (tertiary/aromatic N) is 2. The summed E-state index contributed by atoms with van der Waals surface area (Å²) in [4.78, 5) is 15.7. The van der Waals surface area contributed by atoms with Crippen LogP contribution in [0.3, 0.4) is 0 Å². The molecule has 3 N–H and O–H groups in total. The summed E-state index contributed by atoms with van der Waals surface area (Å²) in [7, 11) is 0.